The Morgan fingerprint density at radius 3 is 2.48 bits per heavy atom. The molecule has 0 heterocycles. The Morgan fingerprint density at radius 1 is 1.13 bits per heavy atom. The van der Waals surface area contributed by atoms with Gasteiger partial charge in [0, 0.05) is 11.9 Å². The summed E-state index contributed by atoms with van der Waals surface area (Å²) in [5.74, 6) is 2.35. The molecule has 0 saturated carbocycles. The van der Waals surface area contributed by atoms with Crippen LogP contribution < -0.4 is 9.47 Å². The molecular formula is C20H29NO2. The Labute approximate surface area is 140 Å². The van der Waals surface area contributed by atoms with Crippen LogP contribution in [0.2, 0.25) is 0 Å². The van der Waals surface area contributed by atoms with Crippen LogP contribution in [-0.4, -0.2) is 39.3 Å². The molecule has 0 bridgehead atoms. The van der Waals surface area contributed by atoms with Crippen LogP contribution in [-0.2, 0) is 0 Å². The molecular weight excluding hydrogens is 286 g/mol. The van der Waals surface area contributed by atoms with Gasteiger partial charge in [-0.3, -0.25) is 0 Å². The summed E-state index contributed by atoms with van der Waals surface area (Å²) >= 11 is 0. The zero-order chi connectivity index (χ0) is 17.0. The summed E-state index contributed by atoms with van der Waals surface area (Å²) in [7, 11) is 5.91. The number of benzene rings is 2. The molecule has 0 aliphatic carbocycles. The van der Waals surface area contributed by atoms with Crippen molar-refractivity contribution in [2.45, 2.75) is 33.1 Å². The maximum atomic E-state index is 6.12. The Morgan fingerprint density at radius 2 is 1.87 bits per heavy atom. The van der Waals surface area contributed by atoms with E-state index in [-0.39, 0.29) is 0 Å². The minimum atomic E-state index is 0.431. The van der Waals surface area contributed by atoms with Gasteiger partial charge in [-0.25, -0.2) is 0 Å². The second-order valence-corrected chi connectivity index (χ2v) is 6.69. The van der Waals surface area contributed by atoms with E-state index in [0.717, 1.165) is 36.5 Å². The summed E-state index contributed by atoms with van der Waals surface area (Å²) in [4.78, 5) is 2.18. The average molecular weight is 315 g/mol. The zero-order valence-electron chi connectivity index (χ0n) is 15.3. The molecule has 0 fully saturated rings. The van der Waals surface area contributed by atoms with Gasteiger partial charge in [0.25, 0.3) is 0 Å². The quantitative estimate of drug-likeness (QED) is 0.696. The Hall–Kier alpha value is -1.74. The highest BCUT2D eigenvalue weighted by molar-refractivity contribution is 5.91. The third kappa shape index (κ3) is 4.17. The van der Waals surface area contributed by atoms with Crippen molar-refractivity contribution in [1.29, 1.82) is 0 Å². The van der Waals surface area contributed by atoms with Crippen LogP contribution in [0, 0.1) is 6.92 Å². The van der Waals surface area contributed by atoms with Crippen LogP contribution in [0.5, 0.6) is 11.5 Å². The molecule has 126 valence electrons. The molecule has 0 unspecified atom stereocenters. The molecule has 0 N–H and O–H groups in total. The van der Waals surface area contributed by atoms with Crippen molar-refractivity contribution >= 4 is 10.8 Å². The fourth-order valence-electron chi connectivity index (χ4n) is 2.83. The van der Waals surface area contributed by atoms with E-state index in [0.29, 0.717) is 5.92 Å². The standard InChI is InChI=1S/C20H29NO2/c1-14(2)17-12-16-9-8-15(3)20(18(16)13-19(17)22-6)23-11-7-10-21(4)5/h8-9,12-14H,7,10-11H2,1-6H3. The summed E-state index contributed by atoms with van der Waals surface area (Å²) in [6.45, 7) is 8.24. The molecule has 3 nitrogen and oxygen atoms in total. The average Bonchev–Trinajstić information content (AvgIpc) is 2.51. The first kappa shape index (κ1) is 17.6. The lowest BCUT2D eigenvalue weighted by atomic mass is 9.96. The monoisotopic (exact) mass is 315 g/mol. The fourth-order valence-corrected chi connectivity index (χ4v) is 2.83. The molecule has 0 saturated heterocycles. The minimum absolute atomic E-state index is 0.431. The van der Waals surface area contributed by atoms with E-state index < -0.39 is 0 Å². The van der Waals surface area contributed by atoms with Crippen molar-refractivity contribution < 1.29 is 9.47 Å². The van der Waals surface area contributed by atoms with Crippen molar-refractivity contribution in [2.75, 3.05) is 34.4 Å². The van der Waals surface area contributed by atoms with E-state index >= 15 is 0 Å². The van der Waals surface area contributed by atoms with Crippen molar-refractivity contribution in [3.63, 3.8) is 0 Å². The number of nitrogens with zero attached hydrogens (tertiary/aromatic N) is 1. The van der Waals surface area contributed by atoms with E-state index in [9.17, 15) is 0 Å². The number of aryl methyl sites for hydroxylation is 1. The first-order chi connectivity index (χ1) is 10.9. The van der Waals surface area contributed by atoms with Crippen LogP contribution in [0.25, 0.3) is 10.8 Å². The Balaban J connectivity index is 2.37. The first-order valence-electron chi connectivity index (χ1n) is 8.32. The molecule has 23 heavy (non-hydrogen) atoms. The van der Waals surface area contributed by atoms with Crippen LogP contribution in [0.4, 0.5) is 0 Å². The predicted octanol–water partition coefficient (Wildman–Crippen LogP) is 4.61. The van der Waals surface area contributed by atoms with Crippen molar-refractivity contribution in [3.05, 3.63) is 35.4 Å². The van der Waals surface area contributed by atoms with Crippen LogP contribution >= 0.6 is 0 Å². The molecule has 3 heteroatoms. The van der Waals surface area contributed by atoms with Crippen LogP contribution in [0.3, 0.4) is 0 Å². The normalized spacial score (nSPS) is 11.5. The fraction of sp³-hybridized carbons (Fsp3) is 0.500. The third-order valence-electron chi connectivity index (χ3n) is 4.14. The maximum absolute atomic E-state index is 6.12. The molecule has 0 spiro atoms. The molecule has 0 aliphatic heterocycles. The van der Waals surface area contributed by atoms with Gasteiger partial charge in [0.1, 0.15) is 11.5 Å². The molecule has 0 aromatic heterocycles. The van der Waals surface area contributed by atoms with Gasteiger partial charge >= 0.3 is 0 Å². The molecule has 0 aliphatic rings. The SMILES string of the molecule is COc1cc2c(OCCCN(C)C)c(C)ccc2cc1C(C)C. The van der Waals surface area contributed by atoms with Gasteiger partial charge in [0.2, 0.25) is 0 Å². The lowest BCUT2D eigenvalue weighted by Gasteiger charge is -2.17. The molecule has 2 rings (SSSR count). The summed E-state index contributed by atoms with van der Waals surface area (Å²) in [6.07, 6.45) is 1.02. The highest BCUT2D eigenvalue weighted by Gasteiger charge is 2.13. The van der Waals surface area contributed by atoms with Crippen molar-refractivity contribution in [2.24, 2.45) is 0 Å². The van der Waals surface area contributed by atoms with Gasteiger partial charge in [-0.2, -0.15) is 0 Å². The maximum Gasteiger partial charge on any atom is 0.130 e. The second kappa shape index (κ2) is 7.69. The van der Waals surface area contributed by atoms with Gasteiger partial charge in [0.05, 0.1) is 13.7 Å². The number of rotatable bonds is 7. The van der Waals surface area contributed by atoms with Gasteiger partial charge in [-0.05, 0) is 62.0 Å². The number of hydrogen-bond acceptors (Lipinski definition) is 3. The lowest BCUT2D eigenvalue weighted by molar-refractivity contribution is 0.283. The Bertz CT molecular complexity index is 662. The van der Waals surface area contributed by atoms with Crippen LogP contribution in [0.1, 0.15) is 37.3 Å². The summed E-state index contributed by atoms with van der Waals surface area (Å²) in [5.41, 5.74) is 2.41. The van der Waals surface area contributed by atoms with E-state index in [2.05, 4.69) is 64.0 Å². The molecule has 2 aromatic rings. The van der Waals surface area contributed by atoms with Gasteiger partial charge in [-0.15, -0.1) is 0 Å². The second-order valence-electron chi connectivity index (χ2n) is 6.69. The zero-order valence-corrected chi connectivity index (χ0v) is 15.3. The molecule has 0 amide bonds. The number of methoxy groups -OCH3 is 1. The Kier molecular flexibility index (Phi) is 5.89. The predicted molar refractivity (Wildman–Crippen MR) is 98.0 cm³/mol. The van der Waals surface area contributed by atoms with Crippen molar-refractivity contribution in [1.82, 2.24) is 4.90 Å². The number of fused-ring (bicyclic) bond motifs is 1. The highest BCUT2D eigenvalue weighted by atomic mass is 16.5. The largest absolute Gasteiger partial charge is 0.496 e. The van der Waals surface area contributed by atoms with Gasteiger partial charge in [0.15, 0.2) is 0 Å². The first-order valence-corrected chi connectivity index (χ1v) is 8.32. The number of hydrogen-bond donors (Lipinski definition) is 0. The van der Waals surface area contributed by atoms with Crippen molar-refractivity contribution in [3.8, 4) is 11.5 Å². The third-order valence-corrected chi connectivity index (χ3v) is 4.14. The van der Waals surface area contributed by atoms with Gasteiger partial charge < -0.3 is 14.4 Å². The minimum Gasteiger partial charge on any atom is -0.496 e. The van der Waals surface area contributed by atoms with Crippen LogP contribution in [0.15, 0.2) is 24.3 Å². The van der Waals surface area contributed by atoms with E-state index in [4.69, 9.17) is 9.47 Å². The molecule has 0 atom stereocenters. The summed E-state index contributed by atoms with van der Waals surface area (Å²) < 4.78 is 11.7. The van der Waals surface area contributed by atoms with Gasteiger partial charge in [-0.1, -0.05) is 26.0 Å². The lowest BCUT2D eigenvalue weighted by Crippen LogP contribution is -2.15. The van der Waals surface area contributed by atoms with E-state index in [1.54, 1.807) is 7.11 Å². The smallest absolute Gasteiger partial charge is 0.130 e. The molecule has 0 radical (unpaired) electrons. The summed E-state index contributed by atoms with van der Waals surface area (Å²) in [6, 6.07) is 8.66. The molecule has 2 aromatic carbocycles. The topological polar surface area (TPSA) is 21.7 Å². The summed E-state index contributed by atoms with van der Waals surface area (Å²) in [5, 5.41) is 2.35. The van der Waals surface area contributed by atoms with E-state index in [1.807, 2.05) is 0 Å². The van der Waals surface area contributed by atoms with E-state index in [1.165, 1.54) is 16.5 Å². The number of ether oxygens (including phenoxy) is 2. The highest BCUT2D eigenvalue weighted by Crippen LogP contribution is 2.37.